The summed E-state index contributed by atoms with van der Waals surface area (Å²) in [6.45, 7) is 3.51. The van der Waals surface area contributed by atoms with E-state index < -0.39 is 14.9 Å². The lowest BCUT2D eigenvalue weighted by Gasteiger charge is -2.08. The first kappa shape index (κ1) is 20.6. The third-order valence-corrected chi connectivity index (χ3v) is 4.14. The molecular formula is C12H20ClN3O5S. The Morgan fingerprint density at radius 1 is 1.27 bits per heavy atom. The number of nitrogens with one attached hydrogen (secondary N) is 2. The highest BCUT2D eigenvalue weighted by molar-refractivity contribution is 7.89. The Bertz CT molecular complexity index is 594. The number of hydrogen-bond donors (Lipinski definition) is 2. The first-order valence-electron chi connectivity index (χ1n) is 6.45. The van der Waals surface area contributed by atoms with Gasteiger partial charge in [0.25, 0.3) is 0 Å². The third-order valence-electron chi connectivity index (χ3n) is 2.68. The molecule has 1 aromatic rings. The fourth-order valence-electron chi connectivity index (χ4n) is 1.64. The number of nitro groups is 1. The van der Waals surface area contributed by atoms with Crippen LogP contribution in [0.25, 0.3) is 0 Å². The SMILES string of the molecule is CCCNCCNS(=O)(=O)c1ccc(OC)c([N+](=O)[O-])c1.Cl. The average Bonchev–Trinajstić information content (AvgIpc) is 2.46. The molecule has 0 fully saturated rings. The van der Waals surface area contributed by atoms with Crippen molar-refractivity contribution in [3.63, 3.8) is 0 Å². The molecule has 0 aliphatic carbocycles. The first-order chi connectivity index (χ1) is 9.92. The molecule has 22 heavy (non-hydrogen) atoms. The number of halogens is 1. The van der Waals surface area contributed by atoms with Gasteiger partial charge in [-0.25, -0.2) is 13.1 Å². The number of rotatable bonds is 9. The maximum Gasteiger partial charge on any atom is 0.312 e. The standard InChI is InChI=1S/C12H19N3O5S.ClH/c1-3-6-13-7-8-14-21(18,19)10-4-5-12(20-2)11(9-10)15(16)17;/h4-5,9,13-14H,3,6-8H2,1-2H3;1H. The van der Waals surface area contributed by atoms with Crippen LogP contribution in [0.4, 0.5) is 5.69 Å². The Morgan fingerprint density at radius 3 is 2.50 bits per heavy atom. The number of methoxy groups -OCH3 is 1. The summed E-state index contributed by atoms with van der Waals surface area (Å²) in [5.41, 5.74) is -0.385. The molecule has 0 bridgehead atoms. The maximum absolute atomic E-state index is 12.0. The highest BCUT2D eigenvalue weighted by Gasteiger charge is 2.21. The number of benzene rings is 1. The third kappa shape index (κ3) is 5.76. The van der Waals surface area contributed by atoms with Crippen LogP contribution in [0.1, 0.15) is 13.3 Å². The molecular weight excluding hydrogens is 334 g/mol. The van der Waals surface area contributed by atoms with Gasteiger partial charge in [-0.3, -0.25) is 10.1 Å². The van der Waals surface area contributed by atoms with Crippen molar-refractivity contribution in [2.45, 2.75) is 18.2 Å². The van der Waals surface area contributed by atoms with Crippen LogP contribution in [0.3, 0.4) is 0 Å². The molecule has 0 saturated heterocycles. The van der Waals surface area contributed by atoms with Gasteiger partial charge >= 0.3 is 5.69 Å². The molecule has 1 aromatic carbocycles. The van der Waals surface area contributed by atoms with Gasteiger partial charge in [-0.1, -0.05) is 6.92 Å². The number of ether oxygens (including phenoxy) is 1. The molecule has 0 aliphatic heterocycles. The zero-order valence-electron chi connectivity index (χ0n) is 12.4. The summed E-state index contributed by atoms with van der Waals surface area (Å²) in [6, 6.07) is 3.52. The molecule has 0 spiro atoms. The van der Waals surface area contributed by atoms with E-state index in [1.165, 1.54) is 19.2 Å². The smallest absolute Gasteiger partial charge is 0.312 e. The number of sulfonamides is 1. The Kier molecular flexibility index (Phi) is 8.95. The number of nitrogens with zero attached hydrogens (tertiary/aromatic N) is 1. The molecule has 0 aliphatic rings. The van der Waals surface area contributed by atoms with Gasteiger partial charge in [-0.2, -0.15) is 0 Å². The molecule has 2 N–H and O–H groups in total. The molecule has 1 rings (SSSR count). The minimum absolute atomic E-state index is 0. The topological polar surface area (TPSA) is 111 Å². The van der Waals surface area contributed by atoms with Crippen molar-refractivity contribution in [1.82, 2.24) is 10.0 Å². The van der Waals surface area contributed by atoms with Crippen molar-refractivity contribution in [3.8, 4) is 5.75 Å². The van der Waals surface area contributed by atoms with Crippen molar-refractivity contribution in [2.75, 3.05) is 26.7 Å². The van der Waals surface area contributed by atoms with E-state index in [0.29, 0.717) is 6.54 Å². The molecule has 8 nitrogen and oxygen atoms in total. The lowest BCUT2D eigenvalue weighted by atomic mass is 10.3. The molecule has 0 aromatic heterocycles. The zero-order valence-corrected chi connectivity index (χ0v) is 14.0. The summed E-state index contributed by atoms with van der Waals surface area (Å²) in [5.74, 6) is 0.0172. The van der Waals surface area contributed by atoms with E-state index in [1.807, 2.05) is 6.92 Å². The van der Waals surface area contributed by atoms with Gasteiger partial charge in [-0.15, -0.1) is 12.4 Å². The van der Waals surface area contributed by atoms with Gasteiger partial charge < -0.3 is 10.1 Å². The van der Waals surface area contributed by atoms with E-state index >= 15 is 0 Å². The average molecular weight is 354 g/mol. The Balaban J connectivity index is 0.00000441. The summed E-state index contributed by atoms with van der Waals surface area (Å²) in [6.07, 6.45) is 0.956. The Morgan fingerprint density at radius 2 is 1.95 bits per heavy atom. The predicted octanol–water partition coefficient (Wildman–Crippen LogP) is 1.30. The minimum Gasteiger partial charge on any atom is -0.490 e. The highest BCUT2D eigenvalue weighted by Crippen LogP contribution is 2.29. The van der Waals surface area contributed by atoms with Crippen LogP contribution < -0.4 is 14.8 Å². The van der Waals surface area contributed by atoms with Crippen molar-refractivity contribution in [1.29, 1.82) is 0 Å². The van der Waals surface area contributed by atoms with E-state index in [4.69, 9.17) is 4.74 Å². The molecule has 10 heteroatoms. The van der Waals surface area contributed by atoms with E-state index in [1.54, 1.807) is 0 Å². The monoisotopic (exact) mass is 353 g/mol. The van der Waals surface area contributed by atoms with Crippen LogP contribution in [0, 0.1) is 10.1 Å². The quantitative estimate of drug-likeness (QED) is 0.393. The lowest BCUT2D eigenvalue weighted by molar-refractivity contribution is -0.386. The summed E-state index contributed by atoms with van der Waals surface area (Å²) in [4.78, 5) is 10.1. The second-order valence-electron chi connectivity index (χ2n) is 4.24. The number of hydrogen-bond acceptors (Lipinski definition) is 6. The van der Waals surface area contributed by atoms with Crippen molar-refractivity contribution in [3.05, 3.63) is 28.3 Å². The van der Waals surface area contributed by atoms with Gasteiger partial charge in [-0.05, 0) is 25.1 Å². The minimum atomic E-state index is -3.78. The molecule has 0 amide bonds. The van der Waals surface area contributed by atoms with Gasteiger partial charge in [0.2, 0.25) is 10.0 Å². The first-order valence-corrected chi connectivity index (χ1v) is 7.93. The largest absolute Gasteiger partial charge is 0.490 e. The summed E-state index contributed by atoms with van der Waals surface area (Å²) < 4.78 is 31.3. The normalized spacial score (nSPS) is 10.8. The lowest BCUT2D eigenvalue weighted by Crippen LogP contribution is -2.32. The van der Waals surface area contributed by atoms with Gasteiger partial charge in [0, 0.05) is 19.2 Å². The second kappa shape index (κ2) is 9.57. The van der Waals surface area contributed by atoms with Gasteiger partial charge in [0.1, 0.15) is 0 Å². The van der Waals surface area contributed by atoms with E-state index in [9.17, 15) is 18.5 Å². The number of nitro benzene ring substituents is 1. The van der Waals surface area contributed by atoms with Crippen molar-refractivity contribution in [2.24, 2.45) is 0 Å². The fraction of sp³-hybridized carbons (Fsp3) is 0.500. The molecule has 0 atom stereocenters. The van der Waals surface area contributed by atoms with Crippen LogP contribution in [0.5, 0.6) is 5.75 Å². The van der Waals surface area contributed by atoms with Crippen LogP contribution in [0.2, 0.25) is 0 Å². The van der Waals surface area contributed by atoms with Crippen LogP contribution >= 0.6 is 12.4 Å². The predicted molar refractivity (Wildman–Crippen MR) is 85.2 cm³/mol. The molecule has 0 heterocycles. The summed E-state index contributed by atoms with van der Waals surface area (Å²) in [5, 5.41) is 13.9. The Labute approximate surface area is 135 Å². The van der Waals surface area contributed by atoms with E-state index in [0.717, 1.165) is 19.0 Å². The fourth-order valence-corrected chi connectivity index (χ4v) is 2.69. The maximum atomic E-state index is 12.0. The van der Waals surface area contributed by atoms with E-state index in [2.05, 4.69) is 10.0 Å². The summed E-state index contributed by atoms with van der Waals surface area (Å²) >= 11 is 0. The molecule has 0 unspecified atom stereocenters. The Hall–Kier alpha value is -1.42. The molecule has 0 saturated carbocycles. The van der Waals surface area contributed by atoms with Crippen molar-refractivity contribution >= 4 is 28.1 Å². The van der Waals surface area contributed by atoms with Crippen LogP contribution in [-0.4, -0.2) is 40.1 Å². The van der Waals surface area contributed by atoms with Gasteiger partial charge in [0.15, 0.2) is 5.75 Å². The van der Waals surface area contributed by atoms with Crippen molar-refractivity contribution < 1.29 is 18.1 Å². The highest BCUT2D eigenvalue weighted by atomic mass is 35.5. The zero-order chi connectivity index (χ0) is 15.9. The van der Waals surface area contributed by atoms with E-state index in [-0.39, 0.29) is 35.3 Å². The summed E-state index contributed by atoms with van der Waals surface area (Å²) in [7, 11) is -2.49. The molecule has 0 radical (unpaired) electrons. The second-order valence-corrected chi connectivity index (χ2v) is 6.01. The van der Waals surface area contributed by atoms with Gasteiger partial charge in [0.05, 0.1) is 16.9 Å². The van der Waals surface area contributed by atoms with Crippen LogP contribution in [0.15, 0.2) is 23.1 Å². The molecule has 126 valence electrons. The van der Waals surface area contributed by atoms with Crippen LogP contribution in [-0.2, 0) is 10.0 Å².